The molecule has 1 aromatic carbocycles. The summed E-state index contributed by atoms with van der Waals surface area (Å²) in [4.78, 5) is 27.1. The van der Waals surface area contributed by atoms with Crippen molar-refractivity contribution >= 4 is 11.8 Å². The van der Waals surface area contributed by atoms with Crippen LogP contribution in [-0.2, 0) is 16.1 Å². The summed E-state index contributed by atoms with van der Waals surface area (Å²) in [5, 5.41) is 6.62. The molecule has 2 amide bonds. The van der Waals surface area contributed by atoms with Gasteiger partial charge in [0.1, 0.15) is 17.9 Å². The molecule has 34 heavy (non-hydrogen) atoms. The average Bonchev–Trinajstić information content (AvgIpc) is 3.14. The Morgan fingerprint density at radius 2 is 2.00 bits per heavy atom. The van der Waals surface area contributed by atoms with Crippen LogP contribution >= 0.6 is 0 Å². The molecule has 1 aliphatic carbocycles. The molecule has 1 unspecified atom stereocenters. The highest BCUT2D eigenvalue weighted by Gasteiger charge is 2.38. The van der Waals surface area contributed by atoms with Gasteiger partial charge in [-0.15, -0.1) is 0 Å². The number of allylic oxidation sites excluding steroid dienone is 1. The van der Waals surface area contributed by atoms with Crippen molar-refractivity contribution in [3.05, 3.63) is 41.6 Å². The van der Waals surface area contributed by atoms with Gasteiger partial charge in [0.2, 0.25) is 5.91 Å². The Morgan fingerprint density at radius 3 is 2.79 bits per heavy atom. The van der Waals surface area contributed by atoms with Crippen LogP contribution in [0.2, 0.25) is 0 Å². The summed E-state index contributed by atoms with van der Waals surface area (Å²) >= 11 is 0. The molecule has 3 aliphatic heterocycles. The van der Waals surface area contributed by atoms with E-state index < -0.39 is 6.04 Å². The first kappa shape index (κ1) is 23.4. The zero-order valence-electron chi connectivity index (χ0n) is 20.2. The lowest BCUT2D eigenvalue weighted by Crippen LogP contribution is -2.49. The second-order valence-electron chi connectivity index (χ2n) is 10.8. The van der Waals surface area contributed by atoms with Gasteiger partial charge < -0.3 is 25.0 Å². The van der Waals surface area contributed by atoms with E-state index in [1.54, 1.807) is 4.90 Å². The summed E-state index contributed by atoms with van der Waals surface area (Å²) < 4.78 is 12.1. The van der Waals surface area contributed by atoms with Crippen LogP contribution in [0.5, 0.6) is 5.75 Å². The monoisotopic (exact) mass is 467 g/mol. The summed E-state index contributed by atoms with van der Waals surface area (Å²) in [5.74, 6) is 0.602. The Kier molecular flexibility index (Phi) is 6.67. The molecule has 7 nitrogen and oxygen atoms in total. The number of nitrogens with one attached hydrogen (secondary N) is 2. The number of benzene rings is 1. The molecule has 0 bridgehead atoms. The predicted molar refractivity (Wildman–Crippen MR) is 129 cm³/mol. The number of rotatable bonds is 6. The van der Waals surface area contributed by atoms with Crippen LogP contribution in [-0.4, -0.2) is 54.7 Å². The van der Waals surface area contributed by atoms with Gasteiger partial charge in [0.05, 0.1) is 0 Å². The molecule has 0 aromatic heterocycles. The predicted octanol–water partition coefficient (Wildman–Crippen LogP) is 3.53. The van der Waals surface area contributed by atoms with Crippen molar-refractivity contribution in [2.75, 3.05) is 19.8 Å². The second kappa shape index (κ2) is 9.70. The van der Waals surface area contributed by atoms with E-state index in [9.17, 15) is 9.59 Å². The molecular weight excluding hydrogens is 430 g/mol. The van der Waals surface area contributed by atoms with Crippen LogP contribution in [0.3, 0.4) is 0 Å². The fraction of sp³-hybridized carbons (Fsp3) is 0.630. The Morgan fingerprint density at radius 1 is 1.21 bits per heavy atom. The second-order valence-corrected chi connectivity index (χ2v) is 10.8. The number of fused-ring (bicyclic) bond motifs is 1. The highest BCUT2D eigenvalue weighted by atomic mass is 16.5. The fourth-order valence-electron chi connectivity index (χ4n) is 5.77. The molecule has 3 atom stereocenters. The molecule has 3 heterocycles. The molecule has 2 N–H and O–H groups in total. The van der Waals surface area contributed by atoms with Gasteiger partial charge in [-0.05, 0) is 74.1 Å². The smallest absolute Gasteiger partial charge is 0.255 e. The van der Waals surface area contributed by atoms with Crippen LogP contribution in [0.1, 0.15) is 74.2 Å². The van der Waals surface area contributed by atoms with Crippen LogP contribution in [0.15, 0.2) is 30.5 Å². The lowest BCUT2D eigenvalue weighted by molar-refractivity contribution is -0.126. The van der Waals surface area contributed by atoms with Gasteiger partial charge in [0.25, 0.3) is 5.91 Å². The molecule has 184 valence electrons. The molecule has 5 rings (SSSR count). The lowest BCUT2D eigenvalue weighted by atomic mass is 9.81. The van der Waals surface area contributed by atoms with Crippen molar-refractivity contribution in [1.82, 2.24) is 15.5 Å². The third-order valence-corrected chi connectivity index (χ3v) is 8.09. The molecule has 0 radical (unpaired) electrons. The summed E-state index contributed by atoms with van der Waals surface area (Å²) in [6, 6.07) is 5.67. The van der Waals surface area contributed by atoms with Crippen LogP contribution < -0.4 is 15.4 Å². The Hall–Kier alpha value is -2.38. The lowest BCUT2D eigenvalue weighted by Gasteiger charge is -2.38. The molecule has 7 heteroatoms. The van der Waals surface area contributed by atoms with Gasteiger partial charge in [0.15, 0.2) is 0 Å². The van der Waals surface area contributed by atoms with Crippen LogP contribution in [0.25, 0.3) is 0 Å². The van der Waals surface area contributed by atoms with Crippen molar-refractivity contribution in [1.29, 1.82) is 0 Å². The van der Waals surface area contributed by atoms with Gasteiger partial charge in [-0.1, -0.05) is 19.9 Å². The topological polar surface area (TPSA) is 79.9 Å². The molecule has 3 fully saturated rings. The summed E-state index contributed by atoms with van der Waals surface area (Å²) in [7, 11) is 0. The fourth-order valence-corrected chi connectivity index (χ4v) is 5.77. The summed E-state index contributed by atoms with van der Waals surface area (Å²) in [5.41, 5.74) is 2.63. The van der Waals surface area contributed by atoms with Crippen molar-refractivity contribution in [3.8, 4) is 5.75 Å². The zero-order chi connectivity index (χ0) is 23.7. The standard InChI is InChI=1S/C27H37N3O4/c1-18-7-10-23(25(31)29-18)30-16-19-15-20(8-9-21(19)26(30)32)34-24-6-4-3-5-22(24)28-17-27(2)11-13-33-14-12-27/h8-9,15,22-24,28H,1,3-7,10-14,16-17H2,2H3,(H,29,31)/t22-,23?,24-/m0/s1. The van der Waals surface area contributed by atoms with Crippen molar-refractivity contribution < 1.29 is 19.1 Å². The maximum atomic E-state index is 13.0. The van der Waals surface area contributed by atoms with Crippen molar-refractivity contribution in [2.24, 2.45) is 5.41 Å². The third-order valence-electron chi connectivity index (χ3n) is 8.09. The van der Waals surface area contributed by atoms with Gasteiger partial charge in [0, 0.05) is 43.6 Å². The van der Waals surface area contributed by atoms with Crippen LogP contribution in [0.4, 0.5) is 0 Å². The number of hydrogen-bond acceptors (Lipinski definition) is 5. The number of ether oxygens (including phenoxy) is 2. The zero-order valence-corrected chi connectivity index (χ0v) is 20.2. The molecule has 1 aromatic rings. The van der Waals surface area contributed by atoms with E-state index in [4.69, 9.17) is 9.47 Å². The quantitative estimate of drug-likeness (QED) is 0.669. The van der Waals surface area contributed by atoms with Crippen molar-refractivity contribution in [3.63, 3.8) is 0 Å². The normalized spacial score (nSPS) is 29.0. The minimum absolute atomic E-state index is 0.0730. The number of carbonyl (C=O) groups is 2. The van der Waals surface area contributed by atoms with E-state index in [0.717, 1.165) is 62.5 Å². The highest BCUT2D eigenvalue weighted by molar-refractivity contribution is 6.01. The summed E-state index contributed by atoms with van der Waals surface area (Å²) in [6.07, 6.45) is 8.19. The Bertz CT molecular complexity index is 955. The average molecular weight is 468 g/mol. The van der Waals surface area contributed by atoms with E-state index in [0.29, 0.717) is 31.0 Å². The van der Waals surface area contributed by atoms with E-state index >= 15 is 0 Å². The van der Waals surface area contributed by atoms with E-state index in [1.807, 2.05) is 18.2 Å². The first-order valence-electron chi connectivity index (χ1n) is 12.8. The maximum absolute atomic E-state index is 13.0. The Balaban J connectivity index is 1.23. The number of piperidine rings is 1. The molecule has 1 saturated carbocycles. The first-order chi connectivity index (χ1) is 16.4. The first-order valence-corrected chi connectivity index (χ1v) is 12.8. The highest BCUT2D eigenvalue weighted by Crippen LogP contribution is 2.33. The molecule has 2 saturated heterocycles. The number of carbonyl (C=O) groups excluding carboxylic acids is 2. The number of amides is 2. The third kappa shape index (κ3) is 4.86. The Labute approximate surface area is 202 Å². The SMILES string of the molecule is C=C1CCC(N2Cc3cc(O[C@H]4CCCC[C@@H]4NCC4(C)CCOCC4)ccc3C2=O)C(=O)N1. The minimum Gasteiger partial charge on any atom is -0.489 e. The van der Waals surface area contributed by atoms with Crippen molar-refractivity contribution in [2.45, 2.75) is 83.0 Å². The largest absolute Gasteiger partial charge is 0.489 e. The molecular formula is C27H37N3O4. The minimum atomic E-state index is -0.437. The van der Waals surface area contributed by atoms with Gasteiger partial charge >= 0.3 is 0 Å². The summed E-state index contributed by atoms with van der Waals surface area (Å²) in [6.45, 7) is 9.33. The number of nitrogens with zero attached hydrogens (tertiary/aromatic N) is 1. The van der Waals surface area contributed by atoms with Gasteiger partial charge in [-0.2, -0.15) is 0 Å². The van der Waals surface area contributed by atoms with E-state index in [1.165, 1.54) is 12.8 Å². The number of hydrogen-bond donors (Lipinski definition) is 2. The van der Waals surface area contributed by atoms with Gasteiger partial charge in [-0.25, -0.2) is 0 Å². The molecule has 4 aliphatic rings. The molecule has 0 spiro atoms. The maximum Gasteiger partial charge on any atom is 0.255 e. The van der Waals surface area contributed by atoms with Crippen LogP contribution in [0, 0.1) is 5.41 Å². The van der Waals surface area contributed by atoms with E-state index in [-0.39, 0.29) is 23.3 Å². The van der Waals surface area contributed by atoms with E-state index in [2.05, 4.69) is 24.1 Å². The van der Waals surface area contributed by atoms with Gasteiger partial charge in [-0.3, -0.25) is 9.59 Å².